The average molecular weight is 445 g/mol. The average Bonchev–Trinajstić information content (AvgIpc) is 3.13. The molecule has 0 atom stereocenters. The van der Waals surface area contributed by atoms with E-state index in [-0.39, 0.29) is 12.1 Å². The van der Waals surface area contributed by atoms with E-state index in [0.717, 1.165) is 22.6 Å². The summed E-state index contributed by atoms with van der Waals surface area (Å²) in [6.45, 7) is -0.250. The van der Waals surface area contributed by atoms with Crippen molar-refractivity contribution in [3.63, 3.8) is 0 Å². The molecule has 142 valence electrons. The molecule has 12 heteroatoms. The predicted molar refractivity (Wildman–Crippen MR) is 99.2 cm³/mol. The summed E-state index contributed by atoms with van der Waals surface area (Å²) in [5, 5.41) is 38.2. The molecule has 3 aromatic rings. The van der Waals surface area contributed by atoms with Gasteiger partial charge < -0.3 is 5.11 Å². The van der Waals surface area contributed by atoms with Crippen LogP contribution in [0.2, 0.25) is 0 Å². The molecule has 3 rings (SSSR count). The third-order valence-electron chi connectivity index (χ3n) is 3.42. The Hall–Kier alpha value is -3.67. The normalized spacial score (nSPS) is 10.9. The van der Waals surface area contributed by atoms with E-state index in [1.165, 1.54) is 6.07 Å². The van der Waals surface area contributed by atoms with Crippen molar-refractivity contribution in [3.8, 4) is 17.1 Å². The molecule has 2 aromatic carbocycles. The van der Waals surface area contributed by atoms with Crippen molar-refractivity contribution in [3.05, 3.63) is 62.6 Å². The van der Waals surface area contributed by atoms with E-state index in [2.05, 4.69) is 41.9 Å². The molecule has 0 radical (unpaired) electrons. The molecular formula is C16H11BrN7O4-. The molecular weight excluding hydrogens is 434 g/mol. The van der Waals surface area contributed by atoms with Crippen LogP contribution in [0, 0.1) is 10.1 Å². The van der Waals surface area contributed by atoms with Crippen LogP contribution in [-0.2, 0) is 11.3 Å². The number of aromatic nitrogens is 4. The number of hydrogen-bond acceptors (Lipinski definition) is 8. The van der Waals surface area contributed by atoms with Crippen LogP contribution in [0.1, 0.15) is 5.56 Å². The topological polar surface area (TPSA) is 151 Å². The summed E-state index contributed by atoms with van der Waals surface area (Å²) in [5.74, 6) is -1.00. The zero-order valence-corrected chi connectivity index (χ0v) is 15.6. The van der Waals surface area contributed by atoms with Crippen molar-refractivity contribution in [2.45, 2.75) is 6.54 Å². The van der Waals surface area contributed by atoms with E-state index in [1.807, 2.05) is 30.3 Å². The molecule has 1 N–H and O–H groups in total. The zero-order valence-electron chi connectivity index (χ0n) is 14.0. The van der Waals surface area contributed by atoms with E-state index in [4.69, 9.17) is 0 Å². The molecule has 0 aliphatic rings. The van der Waals surface area contributed by atoms with Crippen molar-refractivity contribution in [1.29, 1.82) is 0 Å². The minimum atomic E-state index is -0.809. The van der Waals surface area contributed by atoms with Crippen LogP contribution in [0.25, 0.3) is 11.4 Å². The van der Waals surface area contributed by atoms with Gasteiger partial charge in [0.15, 0.2) is 0 Å². The Labute approximate surface area is 166 Å². The Morgan fingerprint density at radius 2 is 2.07 bits per heavy atom. The maximum Gasteiger partial charge on any atom is 0.263 e. The summed E-state index contributed by atoms with van der Waals surface area (Å²) in [6, 6.07) is 11.6. The molecule has 1 heterocycles. The van der Waals surface area contributed by atoms with Crippen LogP contribution in [0.5, 0.6) is 5.75 Å². The van der Waals surface area contributed by atoms with E-state index >= 15 is 0 Å². The summed E-state index contributed by atoms with van der Waals surface area (Å²) in [7, 11) is 0. The maximum absolute atomic E-state index is 12.0. The number of hydrazone groups is 1. The van der Waals surface area contributed by atoms with Crippen LogP contribution in [0.3, 0.4) is 0 Å². The van der Waals surface area contributed by atoms with E-state index in [9.17, 15) is 20.0 Å². The van der Waals surface area contributed by atoms with E-state index < -0.39 is 22.3 Å². The molecule has 0 aliphatic carbocycles. The van der Waals surface area contributed by atoms with Gasteiger partial charge in [0.2, 0.25) is 5.82 Å². The number of nitrogens with one attached hydrogen (secondary N) is 1. The van der Waals surface area contributed by atoms with Gasteiger partial charge in [0, 0.05) is 16.1 Å². The quantitative estimate of drug-likeness (QED) is 0.340. The fourth-order valence-corrected chi connectivity index (χ4v) is 2.65. The summed E-state index contributed by atoms with van der Waals surface area (Å²) in [6.07, 6.45) is 1.03. The second-order valence-corrected chi connectivity index (χ2v) is 6.32. The molecule has 0 saturated carbocycles. The number of amides is 1. The van der Waals surface area contributed by atoms with Crippen molar-refractivity contribution >= 4 is 33.7 Å². The molecule has 0 aliphatic heterocycles. The highest BCUT2D eigenvalue weighted by molar-refractivity contribution is 9.10. The number of carbonyl (C=O) groups excluding carboxylic acids is 1. The number of carbonyl (C=O) groups is 1. The van der Waals surface area contributed by atoms with Crippen molar-refractivity contribution < 1.29 is 14.8 Å². The van der Waals surface area contributed by atoms with E-state index in [1.54, 1.807) is 0 Å². The number of nitro benzene ring substituents is 1. The molecule has 0 bridgehead atoms. The molecule has 0 unspecified atom stereocenters. The first-order valence-electron chi connectivity index (χ1n) is 7.74. The lowest BCUT2D eigenvalue weighted by molar-refractivity contribution is -0.398. The molecule has 28 heavy (non-hydrogen) atoms. The summed E-state index contributed by atoms with van der Waals surface area (Å²) in [5.41, 5.74) is 2.31. The summed E-state index contributed by atoms with van der Waals surface area (Å²) < 4.78 is 0.340. The monoisotopic (exact) mass is 444 g/mol. The number of nitrogens with zero attached hydrogens (tertiary/aromatic N) is 6. The van der Waals surface area contributed by atoms with Crippen LogP contribution in [-0.4, -0.2) is 37.3 Å². The highest BCUT2D eigenvalue weighted by atomic mass is 79.9. The van der Waals surface area contributed by atoms with Crippen LogP contribution in [0.4, 0.5) is 5.69 Å². The first kappa shape index (κ1) is 19.1. The largest absolute Gasteiger partial charge is 0.867 e. The van der Waals surface area contributed by atoms with Gasteiger partial charge in [0.25, 0.3) is 11.6 Å². The van der Waals surface area contributed by atoms with Gasteiger partial charge in [-0.3, -0.25) is 14.9 Å². The van der Waals surface area contributed by atoms with E-state index in [0.29, 0.717) is 10.3 Å². The second-order valence-electron chi connectivity index (χ2n) is 5.40. The first-order chi connectivity index (χ1) is 13.4. The number of nitro groups is 1. The Morgan fingerprint density at radius 3 is 2.79 bits per heavy atom. The highest BCUT2D eigenvalue weighted by Crippen LogP contribution is 2.30. The molecule has 1 amide bonds. The Balaban J connectivity index is 1.64. The standard InChI is InChI=1S/C16H12BrN7O4/c17-12-6-11(15(26)13(7-12)24(27)28)8-18-19-14(25)9-23-21-16(20-22-23)10-4-2-1-3-5-10/h1-8,26H,9H2,(H,19,25)/p-1. The Bertz CT molecular complexity index is 1050. The van der Waals surface area contributed by atoms with Gasteiger partial charge in [-0.05, 0) is 22.6 Å². The molecule has 0 saturated heterocycles. The van der Waals surface area contributed by atoms with Crippen molar-refractivity contribution in [1.82, 2.24) is 25.6 Å². The van der Waals surface area contributed by atoms with Gasteiger partial charge in [-0.1, -0.05) is 46.3 Å². The van der Waals surface area contributed by atoms with Gasteiger partial charge in [-0.2, -0.15) is 9.90 Å². The lowest BCUT2D eigenvalue weighted by Gasteiger charge is -2.10. The number of tetrazole rings is 1. The molecule has 1 aromatic heterocycles. The third kappa shape index (κ3) is 4.54. The highest BCUT2D eigenvalue weighted by Gasteiger charge is 2.12. The number of benzene rings is 2. The fraction of sp³-hybridized carbons (Fsp3) is 0.0625. The third-order valence-corrected chi connectivity index (χ3v) is 3.88. The number of halogens is 1. The molecule has 0 fully saturated rings. The fourth-order valence-electron chi connectivity index (χ4n) is 2.18. The summed E-state index contributed by atoms with van der Waals surface area (Å²) >= 11 is 3.08. The van der Waals surface area contributed by atoms with Crippen molar-refractivity contribution in [2.24, 2.45) is 5.10 Å². The van der Waals surface area contributed by atoms with Crippen LogP contribution < -0.4 is 10.5 Å². The lowest BCUT2D eigenvalue weighted by Crippen LogP contribution is -2.24. The van der Waals surface area contributed by atoms with Gasteiger partial charge in [0.05, 0.1) is 11.1 Å². The Morgan fingerprint density at radius 1 is 1.32 bits per heavy atom. The molecule has 11 nitrogen and oxygen atoms in total. The summed E-state index contributed by atoms with van der Waals surface area (Å²) in [4.78, 5) is 23.1. The van der Waals surface area contributed by atoms with Gasteiger partial charge >= 0.3 is 0 Å². The number of rotatable bonds is 6. The minimum Gasteiger partial charge on any atom is -0.867 e. The van der Waals surface area contributed by atoms with Crippen LogP contribution >= 0.6 is 15.9 Å². The number of hydrogen-bond donors (Lipinski definition) is 1. The first-order valence-corrected chi connectivity index (χ1v) is 8.53. The van der Waals surface area contributed by atoms with Crippen LogP contribution in [0.15, 0.2) is 52.0 Å². The smallest absolute Gasteiger partial charge is 0.263 e. The van der Waals surface area contributed by atoms with Gasteiger partial charge in [0.1, 0.15) is 6.54 Å². The van der Waals surface area contributed by atoms with Gasteiger partial charge in [-0.25, -0.2) is 5.43 Å². The van der Waals surface area contributed by atoms with Crippen molar-refractivity contribution in [2.75, 3.05) is 0 Å². The maximum atomic E-state index is 12.0. The lowest BCUT2D eigenvalue weighted by atomic mass is 10.2. The van der Waals surface area contributed by atoms with Gasteiger partial charge in [-0.15, -0.1) is 10.2 Å². The Kier molecular flexibility index (Phi) is 5.69. The molecule has 0 spiro atoms. The minimum absolute atomic E-state index is 0.0494. The predicted octanol–water partition coefficient (Wildman–Crippen LogP) is 1.23. The second kappa shape index (κ2) is 8.35. The SMILES string of the molecule is O=C(Cn1nnc(-c2ccccc2)n1)NN=Cc1cc(Br)cc([N+](=O)[O-])c1[O-]. The zero-order chi connectivity index (χ0) is 20.1.